The minimum atomic E-state index is -1.15. The molecule has 51 heavy (non-hydrogen) atoms. The van der Waals surface area contributed by atoms with Crippen molar-refractivity contribution < 1.29 is 45.5 Å². The third kappa shape index (κ3) is 4.22. The summed E-state index contributed by atoms with van der Waals surface area (Å²) in [6.45, 7) is 0. The summed E-state index contributed by atoms with van der Waals surface area (Å²) in [7, 11) is 0. The second-order valence-electron chi connectivity index (χ2n) is 11.3. The van der Waals surface area contributed by atoms with Crippen molar-refractivity contribution in [3.05, 3.63) is 181 Å². The molecule has 0 aliphatic carbocycles. The lowest BCUT2D eigenvalue weighted by Gasteiger charge is -2.20. The molecular weight excluding hydrogens is 617 g/mol. The highest BCUT2D eigenvalue weighted by Crippen LogP contribution is 2.48. The van der Waals surface area contributed by atoms with Crippen molar-refractivity contribution >= 4 is 75.8 Å². The Labute approximate surface area is 336 Å². The molecule has 11 rings (SSSR count). The molecule has 0 saturated heterocycles. The Morgan fingerprint density at radius 3 is 1.43 bits per heavy atom. The summed E-state index contributed by atoms with van der Waals surface area (Å²) in [5, 5.41) is -8.01. The van der Waals surface area contributed by atoms with Gasteiger partial charge in [0.2, 0.25) is 0 Å². The van der Waals surface area contributed by atoms with Crippen LogP contribution in [0.25, 0.3) is 109 Å². The first-order valence-electron chi connectivity index (χ1n) is 30.2. The van der Waals surface area contributed by atoms with E-state index in [4.69, 9.17) is 29.1 Å². The van der Waals surface area contributed by atoms with Crippen LogP contribution in [0.15, 0.2) is 186 Å². The normalized spacial score (nSPS) is 20.2. The predicted molar refractivity (Wildman–Crippen MR) is 218 cm³/mol. The molecule has 0 radical (unpaired) electrons. The topological polar surface area (TPSA) is 13.1 Å². The van der Waals surface area contributed by atoms with E-state index in [1.807, 2.05) is 0 Å². The van der Waals surface area contributed by atoms with Gasteiger partial charge in [0.15, 0.2) is 0 Å². The SMILES string of the molecule is [2H]c1c([2H])c([2H])c2c(-c3c4c([2H])c([2H])c([2H])c([2H])c4c(-c4c([2H])c([2H])c([2H])c5c([2H])c([2H])c([2H])c([2H])c45)c4c([2H])c(-c5c([2H])c([2H])c6c(oc7c([2H])c([2H])c8c([2H])c([2H])c([2H])c([2H])c8c76)c5[2H])c([2H])c([2H])c34)c([2H])c([2H])c([2H])c2c1[2H]. The van der Waals surface area contributed by atoms with Crippen LogP contribution in [0.1, 0.15) is 41.1 Å². The van der Waals surface area contributed by atoms with Gasteiger partial charge in [0, 0.05) is 10.8 Å². The largest absolute Gasteiger partial charge is 0.456 e. The molecule has 0 saturated carbocycles. The van der Waals surface area contributed by atoms with E-state index in [-0.39, 0.29) is 5.39 Å². The van der Waals surface area contributed by atoms with Crippen LogP contribution in [0.4, 0.5) is 0 Å². The maximum atomic E-state index is 10.4. The van der Waals surface area contributed by atoms with E-state index >= 15 is 0 Å². The summed E-state index contributed by atoms with van der Waals surface area (Å²) in [6.07, 6.45) is 0. The van der Waals surface area contributed by atoms with Crippen molar-refractivity contribution in [1.29, 1.82) is 0 Å². The molecule has 0 fully saturated rings. The first-order valence-corrected chi connectivity index (χ1v) is 15.2. The van der Waals surface area contributed by atoms with Crippen LogP contribution in [0.5, 0.6) is 0 Å². The molecule has 11 aromatic rings. The molecule has 0 amide bonds. The van der Waals surface area contributed by atoms with Crippen LogP contribution in [-0.2, 0) is 0 Å². The van der Waals surface area contributed by atoms with Gasteiger partial charge in [-0.3, -0.25) is 0 Å². The van der Waals surface area contributed by atoms with Crippen LogP contribution < -0.4 is 0 Å². The van der Waals surface area contributed by atoms with Gasteiger partial charge in [0.1, 0.15) is 11.2 Å². The Kier molecular flexibility index (Phi) is 2.50. The van der Waals surface area contributed by atoms with Gasteiger partial charge in [-0.2, -0.15) is 0 Å². The molecule has 0 bridgehead atoms. The first-order chi connectivity index (χ1) is 37.8. The van der Waals surface area contributed by atoms with Crippen molar-refractivity contribution in [1.82, 2.24) is 0 Å². The van der Waals surface area contributed by atoms with Crippen LogP contribution in [0.3, 0.4) is 0 Å². The number of hydrogen-bond donors (Lipinski definition) is 0. The van der Waals surface area contributed by atoms with Gasteiger partial charge < -0.3 is 4.42 Å². The van der Waals surface area contributed by atoms with Crippen molar-refractivity contribution in [2.45, 2.75) is 0 Å². The molecular formula is C50H30O. The highest BCUT2D eigenvalue weighted by Gasteiger charge is 2.20. The van der Waals surface area contributed by atoms with E-state index < -0.39 is 285 Å². The number of hydrogen-bond acceptors (Lipinski definition) is 1. The highest BCUT2D eigenvalue weighted by molar-refractivity contribution is 6.26. The van der Waals surface area contributed by atoms with E-state index in [1.54, 1.807) is 0 Å². The van der Waals surface area contributed by atoms with Gasteiger partial charge in [-0.05, 0) is 111 Å². The van der Waals surface area contributed by atoms with E-state index in [2.05, 4.69) is 0 Å². The molecule has 1 heterocycles. The van der Waals surface area contributed by atoms with Crippen molar-refractivity contribution in [2.24, 2.45) is 0 Å². The molecule has 0 atom stereocenters. The Morgan fingerprint density at radius 1 is 0.314 bits per heavy atom. The lowest BCUT2D eigenvalue weighted by atomic mass is 9.83. The van der Waals surface area contributed by atoms with E-state index in [0.717, 1.165) is 0 Å². The summed E-state index contributed by atoms with van der Waals surface area (Å²) in [5.41, 5.74) is -6.38. The third-order valence-electron chi connectivity index (χ3n) is 8.57. The maximum Gasteiger partial charge on any atom is 0.136 e. The second kappa shape index (κ2) is 10.9. The van der Waals surface area contributed by atoms with Crippen LogP contribution in [-0.4, -0.2) is 0 Å². The molecule has 1 nitrogen and oxygen atoms in total. The van der Waals surface area contributed by atoms with E-state index in [0.29, 0.717) is 0 Å². The lowest BCUT2D eigenvalue weighted by Crippen LogP contribution is -1.93. The minimum absolute atomic E-state index is 0.386. The maximum absolute atomic E-state index is 10.4. The first kappa shape index (κ1) is 11.7. The number of rotatable bonds is 3. The molecule has 1 aromatic heterocycles. The summed E-state index contributed by atoms with van der Waals surface area (Å²) < 4.78 is 280. The summed E-state index contributed by atoms with van der Waals surface area (Å²) in [6, 6.07) is -28.7. The molecule has 236 valence electrons. The van der Waals surface area contributed by atoms with Gasteiger partial charge in [-0.15, -0.1) is 0 Å². The van der Waals surface area contributed by atoms with Crippen LogP contribution >= 0.6 is 0 Å². The van der Waals surface area contributed by atoms with E-state index in [1.165, 1.54) is 0 Å². The molecule has 0 unspecified atom stereocenters. The summed E-state index contributed by atoms with van der Waals surface area (Å²) in [4.78, 5) is 0. The average molecular weight is 677 g/mol. The molecule has 0 spiro atoms. The third-order valence-corrected chi connectivity index (χ3v) is 8.57. The van der Waals surface area contributed by atoms with Gasteiger partial charge in [0.25, 0.3) is 0 Å². The van der Waals surface area contributed by atoms with Crippen LogP contribution in [0, 0.1) is 0 Å². The molecule has 1 heteroatoms. The number of fused-ring (bicyclic) bond motifs is 9. The second-order valence-corrected chi connectivity index (χ2v) is 11.3. The van der Waals surface area contributed by atoms with Gasteiger partial charge in [0.05, 0.1) is 41.1 Å². The number of benzene rings is 10. The van der Waals surface area contributed by atoms with Gasteiger partial charge >= 0.3 is 0 Å². The molecule has 0 N–H and O–H groups in total. The van der Waals surface area contributed by atoms with Crippen molar-refractivity contribution in [3.8, 4) is 33.4 Å². The monoisotopic (exact) mass is 676 g/mol. The quantitative estimate of drug-likeness (QED) is 0.170. The zero-order chi connectivity index (χ0) is 59.6. The summed E-state index contributed by atoms with van der Waals surface area (Å²) >= 11 is 0. The standard InChI is InChI=1S/C50H30O/c1-4-16-36-31(11-1)14-9-21-39(36)48-41-19-7-8-20-42(41)49(40-22-10-15-32-12-2-5-17-37(32)40)45-29-34(23-26-43(45)48)35-24-27-44-47(30-35)51-46-28-25-33-13-3-6-18-38(33)50(44)46/h1-30H/i1D,2D,3D,4D,5D,6D,7D,8D,9D,10D,11D,12D,13D,14D,15D,16D,17D,18D,19D,20D,21D,22D,23D,24D,25D,26D,27D,28D,29D,30D. The number of furan rings is 1. The Hall–Kier alpha value is -6.70. The lowest BCUT2D eigenvalue weighted by molar-refractivity contribution is 0.669. The van der Waals surface area contributed by atoms with Crippen molar-refractivity contribution in [2.75, 3.05) is 0 Å². The zero-order valence-electron chi connectivity index (χ0n) is 55.4. The van der Waals surface area contributed by atoms with Gasteiger partial charge in [-0.1, -0.05) is 157 Å². The summed E-state index contributed by atoms with van der Waals surface area (Å²) in [5.74, 6) is 0. The molecule has 0 aliphatic rings. The Bertz CT molecular complexity index is 4910. The molecule has 10 aromatic carbocycles. The smallest absolute Gasteiger partial charge is 0.136 e. The fourth-order valence-electron chi connectivity index (χ4n) is 6.42. The Morgan fingerprint density at radius 2 is 0.784 bits per heavy atom. The molecule has 0 aliphatic heterocycles. The minimum Gasteiger partial charge on any atom is -0.456 e. The average Bonchev–Trinajstić information content (AvgIpc) is 4.08. The zero-order valence-corrected chi connectivity index (χ0v) is 25.4. The Balaban J connectivity index is 1.49. The fourth-order valence-corrected chi connectivity index (χ4v) is 6.42. The van der Waals surface area contributed by atoms with Crippen molar-refractivity contribution in [3.63, 3.8) is 0 Å². The van der Waals surface area contributed by atoms with E-state index in [9.17, 15) is 16.4 Å². The highest BCUT2D eigenvalue weighted by atomic mass is 16.3. The fraction of sp³-hybridized carbons (Fsp3) is 0. The predicted octanol–water partition coefficient (Wildman–Crippen LogP) is 14.4. The van der Waals surface area contributed by atoms with Crippen LogP contribution in [0.2, 0.25) is 0 Å². The van der Waals surface area contributed by atoms with Gasteiger partial charge in [-0.25, -0.2) is 0 Å².